The first-order valence-corrected chi connectivity index (χ1v) is 6.20. The summed E-state index contributed by atoms with van der Waals surface area (Å²) < 4.78 is 0. The van der Waals surface area contributed by atoms with Gasteiger partial charge >= 0.3 is 0 Å². The third-order valence-corrected chi connectivity index (χ3v) is 3.16. The lowest BCUT2D eigenvalue weighted by atomic mass is 10.1. The molecule has 2 N–H and O–H groups in total. The number of rotatable bonds is 3. The van der Waals surface area contributed by atoms with E-state index >= 15 is 0 Å². The van der Waals surface area contributed by atoms with Gasteiger partial charge in [-0.2, -0.15) is 5.10 Å². The fraction of sp³-hybridized carbons (Fsp3) is 0.214. The summed E-state index contributed by atoms with van der Waals surface area (Å²) in [6.45, 7) is 4.14. The number of aromatic nitrogens is 4. The Bertz CT molecular complexity index is 690. The van der Waals surface area contributed by atoms with Gasteiger partial charge < -0.3 is 5.32 Å². The van der Waals surface area contributed by atoms with Crippen LogP contribution in [-0.2, 0) is 0 Å². The predicted octanol–water partition coefficient (Wildman–Crippen LogP) is 2.83. The SMILES string of the molecule is Cc1ccc2ncnc(NC(C)c3cn[nH]c3)c2c1. The molecule has 3 rings (SSSR count). The summed E-state index contributed by atoms with van der Waals surface area (Å²) in [6, 6.07) is 6.30. The van der Waals surface area contributed by atoms with Gasteiger partial charge in [0, 0.05) is 17.1 Å². The van der Waals surface area contributed by atoms with E-state index in [-0.39, 0.29) is 6.04 Å². The molecule has 1 unspecified atom stereocenters. The molecule has 1 atom stereocenters. The average Bonchev–Trinajstić information content (AvgIpc) is 2.93. The smallest absolute Gasteiger partial charge is 0.137 e. The minimum Gasteiger partial charge on any atom is -0.363 e. The Morgan fingerprint density at radius 3 is 2.95 bits per heavy atom. The van der Waals surface area contributed by atoms with E-state index in [4.69, 9.17) is 0 Å². The van der Waals surface area contributed by atoms with E-state index in [9.17, 15) is 0 Å². The summed E-state index contributed by atoms with van der Waals surface area (Å²) in [4.78, 5) is 8.63. The number of hydrogen-bond donors (Lipinski definition) is 2. The molecule has 5 heteroatoms. The minimum atomic E-state index is 0.136. The second-order valence-corrected chi connectivity index (χ2v) is 4.64. The molecule has 2 heterocycles. The van der Waals surface area contributed by atoms with E-state index in [1.54, 1.807) is 6.33 Å². The van der Waals surface area contributed by atoms with Crippen LogP contribution in [-0.4, -0.2) is 20.2 Å². The number of aryl methyl sites for hydroxylation is 1. The first-order valence-electron chi connectivity index (χ1n) is 6.20. The van der Waals surface area contributed by atoms with Crippen LogP contribution in [0.3, 0.4) is 0 Å². The fourth-order valence-electron chi connectivity index (χ4n) is 2.07. The molecule has 3 aromatic rings. The van der Waals surface area contributed by atoms with E-state index < -0.39 is 0 Å². The van der Waals surface area contributed by atoms with Crippen molar-refractivity contribution in [2.24, 2.45) is 0 Å². The first-order chi connectivity index (χ1) is 9.24. The molecule has 0 spiro atoms. The van der Waals surface area contributed by atoms with E-state index in [0.717, 1.165) is 22.3 Å². The maximum Gasteiger partial charge on any atom is 0.137 e. The summed E-state index contributed by atoms with van der Waals surface area (Å²) in [5.41, 5.74) is 3.24. The zero-order valence-corrected chi connectivity index (χ0v) is 10.9. The molecule has 0 aliphatic rings. The zero-order valence-electron chi connectivity index (χ0n) is 10.9. The van der Waals surface area contributed by atoms with Gasteiger partial charge in [-0.05, 0) is 26.0 Å². The van der Waals surface area contributed by atoms with Gasteiger partial charge in [0.2, 0.25) is 0 Å². The Morgan fingerprint density at radius 1 is 1.26 bits per heavy atom. The lowest BCUT2D eigenvalue weighted by Crippen LogP contribution is -2.07. The summed E-state index contributed by atoms with van der Waals surface area (Å²) in [6.07, 6.45) is 5.28. The summed E-state index contributed by atoms with van der Waals surface area (Å²) in [7, 11) is 0. The van der Waals surface area contributed by atoms with Crippen LogP contribution in [0.25, 0.3) is 10.9 Å². The van der Waals surface area contributed by atoms with Gasteiger partial charge in [-0.3, -0.25) is 5.10 Å². The number of anilines is 1. The Labute approximate surface area is 111 Å². The van der Waals surface area contributed by atoms with Crippen LogP contribution in [0.5, 0.6) is 0 Å². The quantitative estimate of drug-likeness (QED) is 0.753. The normalized spacial score (nSPS) is 12.5. The van der Waals surface area contributed by atoms with Gasteiger partial charge in [0.25, 0.3) is 0 Å². The van der Waals surface area contributed by atoms with Crippen molar-refractivity contribution >= 4 is 16.7 Å². The molecular formula is C14H15N5. The van der Waals surface area contributed by atoms with Crippen molar-refractivity contribution in [1.29, 1.82) is 0 Å². The van der Waals surface area contributed by atoms with Crippen LogP contribution in [0.2, 0.25) is 0 Å². The highest BCUT2D eigenvalue weighted by molar-refractivity contribution is 5.89. The molecule has 0 bridgehead atoms. The largest absolute Gasteiger partial charge is 0.363 e. The van der Waals surface area contributed by atoms with Gasteiger partial charge in [0.15, 0.2) is 0 Å². The highest BCUT2D eigenvalue weighted by Crippen LogP contribution is 2.24. The van der Waals surface area contributed by atoms with Gasteiger partial charge in [0.1, 0.15) is 12.1 Å². The summed E-state index contributed by atoms with van der Waals surface area (Å²) in [5.74, 6) is 0.849. The van der Waals surface area contributed by atoms with Crippen molar-refractivity contribution in [1.82, 2.24) is 20.2 Å². The molecule has 0 aliphatic carbocycles. The number of hydrogen-bond acceptors (Lipinski definition) is 4. The molecule has 5 nitrogen and oxygen atoms in total. The van der Waals surface area contributed by atoms with Gasteiger partial charge in [0.05, 0.1) is 17.8 Å². The molecule has 0 radical (unpaired) electrons. The van der Waals surface area contributed by atoms with Crippen LogP contribution in [0.4, 0.5) is 5.82 Å². The second-order valence-electron chi connectivity index (χ2n) is 4.64. The summed E-state index contributed by atoms with van der Waals surface area (Å²) >= 11 is 0. The number of nitrogens with one attached hydrogen (secondary N) is 2. The first kappa shape index (κ1) is 11.6. The van der Waals surface area contributed by atoms with Crippen molar-refractivity contribution < 1.29 is 0 Å². The number of benzene rings is 1. The molecule has 0 amide bonds. The van der Waals surface area contributed by atoms with Crippen LogP contribution in [0.15, 0.2) is 36.9 Å². The maximum atomic E-state index is 4.35. The topological polar surface area (TPSA) is 66.5 Å². The molecule has 0 saturated carbocycles. The molecule has 1 aromatic carbocycles. The highest BCUT2D eigenvalue weighted by atomic mass is 15.1. The number of aromatic amines is 1. The van der Waals surface area contributed by atoms with E-state index in [2.05, 4.69) is 51.5 Å². The number of H-pyrrole nitrogens is 1. The van der Waals surface area contributed by atoms with Crippen molar-refractivity contribution in [3.05, 3.63) is 48.0 Å². The Balaban J connectivity index is 1.98. The van der Waals surface area contributed by atoms with E-state index in [1.807, 2.05) is 18.5 Å². The Morgan fingerprint density at radius 2 is 2.16 bits per heavy atom. The van der Waals surface area contributed by atoms with Crippen molar-refractivity contribution in [3.63, 3.8) is 0 Å². The molecule has 0 aliphatic heterocycles. The lowest BCUT2D eigenvalue weighted by Gasteiger charge is -2.14. The lowest BCUT2D eigenvalue weighted by molar-refractivity contribution is 0.877. The van der Waals surface area contributed by atoms with Gasteiger partial charge in [-0.15, -0.1) is 0 Å². The molecule has 19 heavy (non-hydrogen) atoms. The molecule has 2 aromatic heterocycles. The second kappa shape index (κ2) is 4.68. The van der Waals surface area contributed by atoms with Crippen molar-refractivity contribution in [3.8, 4) is 0 Å². The zero-order chi connectivity index (χ0) is 13.2. The molecule has 0 fully saturated rings. The summed E-state index contributed by atoms with van der Waals surface area (Å²) in [5, 5.41) is 11.2. The van der Waals surface area contributed by atoms with E-state index in [1.165, 1.54) is 5.56 Å². The number of fused-ring (bicyclic) bond motifs is 1. The molecule has 96 valence electrons. The van der Waals surface area contributed by atoms with Crippen LogP contribution in [0, 0.1) is 6.92 Å². The van der Waals surface area contributed by atoms with Gasteiger partial charge in [-0.1, -0.05) is 11.6 Å². The van der Waals surface area contributed by atoms with Gasteiger partial charge in [-0.25, -0.2) is 9.97 Å². The van der Waals surface area contributed by atoms with Crippen LogP contribution < -0.4 is 5.32 Å². The van der Waals surface area contributed by atoms with Crippen molar-refractivity contribution in [2.75, 3.05) is 5.32 Å². The van der Waals surface area contributed by atoms with Crippen molar-refractivity contribution in [2.45, 2.75) is 19.9 Å². The van der Waals surface area contributed by atoms with Crippen LogP contribution >= 0.6 is 0 Å². The highest BCUT2D eigenvalue weighted by Gasteiger charge is 2.10. The fourth-order valence-corrected chi connectivity index (χ4v) is 2.07. The van der Waals surface area contributed by atoms with E-state index in [0.29, 0.717) is 0 Å². The predicted molar refractivity (Wildman–Crippen MR) is 74.9 cm³/mol. The third-order valence-electron chi connectivity index (χ3n) is 3.16. The third kappa shape index (κ3) is 2.27. The molecule has 0 saturated heterocycles. The monoisotopic (exact) mass is 253 g/mol. The standard InChI is InChI=1S/C14H15N5/c1-9-3-4-13-12(5-9)14(16-8-15-13)19-10(2)11-6-17-18-7-11/h3-8,10H,1-2H3,(H,17,18)(H,15,16,19). The Hall–Kier alpha value is -2.43. The average molecular weight is 253 g/mol. The number of nitrogens with zero attached hydrogens (tertiary/aromatic N) is 3. The maximum absolute atomic E-state index is 4.35. The van der Waals surface area contributed by atoms with Crippen LogP contribution in [0.1, 0.15) is 24.1 Å². The molecular weight excluding hydrogens is 238 g/mol. The Kier molecular flexibility index (Phi) is 2.87. The minimum absolute atomic E-state index is 0.136.